The Labute approximate surface area is 117 Å². The van der Waals surface area contributed by atoms with Crippen molar-refractivity contribution < 1.29 is 23.8 Å². The van der Waals surface area contributed by atoms with E-state index in [0.29, 0.717) is 6.42 Å². The van der Waals surface area contributed by atoms with Crippen LogP contribution in [0.4, 0.5) is 4.39 Å². The molecule has 1 atom stereocenters. The lowest BCUT2D eigenvalue weighted by atomic mass is 10.1. The fourth-order valence-electron chi connectivity index (χ4n) is 1.82. The summed E-state index contributed by atoms with van der Waals surface area (Å²) in [5.74, 6) is -2.47. The van der Waals surface area contributed by atoms with Gasteiger partial charge < -0.3 is 14.7 Å². The maximum atomic E-state index is 13.9. The number of rotatable bonds is 6. The van der Waals surface area contributed by atoms with Crippen molar-refractivity contribution in [2.45, 2.75) is 26.3 Å². The molecular weight excluding hydrogens is 265 g/mol. The third kappa shape index (κ3) is 3.46. The zero-order valence-corrected chi connectivity index (χ0v) is 11.7. The van der Waals surface area contributed by atoms with Crippen LogP contribution in [0.3, 0.4) is 0 Å². The minimum absolute atomic E-state index is 0.0914. The topological polar surface area (TPSA) is 66.8 Å². The highest BCUT2D eigenvalue weighted by molar-refractivity contribution is 5.98. The molecule has 0 fully saturated rings. The summed E-state index contributed by atoms with van der Waals surface area (Å²) in [5.41, 5.74) is -0.239. The first kappa shape index (κ1) is 15.9. The third-order valence-corrected chi connectivity index (χ3v) is 3.10. The Kier molecular flexibility index (Phi) is 5.49. The van der Waals surface area contributed by atoms with Crippen molar-refractivity contribution in [1.82, 2.24) is 4.90 Å². The zero-order valence-electron chi connectivity index (χ0n) is 11.7. The van der Waals surface area contributed by atoms with Crippen LogP contribution in [0.2, 0.25) is 0 Å². The maximum Gasteiger partial charge on any atom is 0.323 e. The molecule has 0 aromatic heterocycles. The van der Waals surface area contributed by atoms with Gasteiger partial charge in [0.1, 0.15) is 23.7 Å². The van der Waals surface area contributed by atoms with Crippen LogP contribution in [0.5, 0.6) is 5.75 Å². The molecule has 1 aromatic rings. The van der Waals surface area contributed by atoms with Gasteiger partial charge in [-0.05, 0) is 25.5 Å². The van der Waals surface area contributed by atoms with Gasteiger partial charge in [-0.15, -0.1) is 0 Å². The second-order valence-corrected chi connectivity index (χ2v) is 4.40. The van der Waals surface area contributed by atoms with Crippen LogP contribution in [-0.2, 0) is 4.79 Å². The number of amides is 1. The van der Waals surface area contributed by atoms with Crippen molar-refractivity contribution in [3.8, 4) is 5.75 Å². The number of hydrogen-bond donors (Lipinski definition) is 1. The molecular formula is C14H18FNO4. The van der Waals surface area contributed by atoms with Crippen LogP contribution in [-0.4, -0.2) is 41.6 Å². The van der Waals surface area contributed by atoms with Crippen LogP contribution >= 0.6 is 0 Å². The summed E-state index contributed by atoms with van der Waals surface area (Å²) in [6.07, 6.45) is 0.565. The minimum atomic E-state index is -1.14. The van der Waals surface area contributed by atoms with E-state index in [4.69, 9.17) is 9.84 Å². The van der Waals surface area contributed by atoms with Gasteiger partial charge >= 0.3 is 5.97 Å². The SMILES string of the molecule is CCC(C)N(CC(=O)O)C(=O)c1c(F)cccc1OC. The number of nitrogens with zero attached hydrogens (tertiary/aromatic N) is 1. The molecule has 1 rings (SSSR count). The molecule has 1 aromatic carbocycles. The van der Waals surface area contributed by atoms with Crippen LogP contribution < -0.4 is 4.74 Å². The van der Waals surface area contributed by atoms with Gasteiger partial charge in [-0.1, -0.05) is 13.0 Å². The molecule has 0 radical (unpaired) electrons. The molecule has 110 valence electrons. The number of carboxylic acids is 1. The van der Waals surface area contributed by atoms with Crippen molar-refractivity contribution in [3.63, 3.8) is 0 Å². The Balaban J connectivity index is 3.21. The van der Waals surface area contributed by atoms with E-state index >= 15 is 0 Å². The number of carbonyl (C=O) groups is 2. The van der Waals surface area contributed by atoms with Crippen LogP contribution in [0.25, 0.3) is 0 Å². The Morgan fingerprint density at radius 2 is 2.10 bits per heavy atom. The summed E-state index contributed by atoms with van der Waals surface area (Å²) in [7, 11) is 1.33. The van der Waals surface area contributed by atoms with E-state index in [-0.39, 0.29) is 17.4 Å². The summed E-state index contributed by atoms with van der Waals surface area (Å²) >= 11 is 0. The molecule has 0 aliphatic heterocycles. The third-order valence-electron chi connectivity index (χ3n) is 3.10. The molecule has 0 heterocycles. The van der Waals surface area contributed by atoms with Crippen molar-refractivity contribution in [2.75, 3.05) is 13.7 Å². The number of hydrogen-bond acceptors (Lipinski definition) is 3. The Morgan fingerprint density at radius 3 is 2.60 bits per heavy atom. The first-order valence-electron chi connectivity index (χ1n) is 6.27. The van der Waals surface area contributed by atoms with Crippen molar-refractivity contribution >= 4 is 11.9 Å². The van der Waals surface area contributed by atoms with Gasteiger partial charge in [-0.3, -0.25) is 9.59 Å². The van der Waals surface area contributed by atoms with Gasteiger partial charge in [0.2, 0.25) is 0 Å². The molecule has 1 amide bonds. The monoisotopic (exact) mass is 283 g/mol. The van der Waals surface area contributed by atoms with Gasteiger partial charge in [0.15, 0.2) is 0 Å². The molecule has 0 spiro atoms. The fraction of sp³-hybridized carbons (Fsp3) is 0.429. The number of carbonyl (C=O) groups excluding carboxylic acids is 1. The van der Waals surface area contributed by atoms with E-state index in [9.17, 15) is 14.0 Å². The van der Waals surface area contributed by atoms with E-state index in [1.165, 1.54) is 19.2 Å². The summed E-state index contributed by atoms with van der Waals surface area (Å²) in [6.45, 7) is 3.06. The van der Waals surface area contributed by atoms with Crippen molar-refractivity contribution in [1.29, 1.82) is 0 Å². The van der Waals surface area contributed by atoms with Crippen molar-refractivity contribution in [3.05, 3.63) is 29.6 Å². The second kappa shape index (κ2) is 6.88. The number of ether oxygens (including phenoxy) is 1. The number of aliphatic carboxylic acids is 1. The van der Waals surface area contributed by atoms with E-state index in [1.807, 2.05) is 6.92 Å². The quantitative estimate of drug-likeness (QED) is 0.868. The smallest absolute Gasteiger partial charge is 0.323 e. The minimum Gasteiger partial charge on any atom is -0.496 e. The Hall–Kier alpha value is -2.11. The van der Waals surface area contributed by atoms with Crippen LogP contribution in [0.1, 0.15) is 30.6 Å². The average Bonchev–Trinajstić information content (AvgIpc) is 2.42. The largest absolute Gasteiger partial charge is 0.496 e. The van der Waals surface area contributed by atoms with Gasteiger partial charge in [0.05, 0.1) is 7.11 Å². The first-order chi connectivity index (χ1) is 9.42. The highest BCUT2D eigenvalue weighted by Gasteiger charge is 2.27. The van der Waals surface area contributed by atoms with E-state index in [0.717, 1.165) is 11.0 Å². The normalized spacial score (nSPS) is 11.8. The predicted molar refractivity (Wildman–Crippen MR) is 71.4 cm³/mol. The van der Waals surface area contributed by atoms with Gasteiger partial charge in [-0.25, -0.2) is 4.39 Å². The van der Waals surface area contributed by atoms with Gasteiger partial charge in [0, 0.05) is 6.04 Å². The molecule has 20 heavy (non-hydrogen) atoms. The lowest BCUT2D eigenvalue weighted by molar-refractivity contribution is -0.138. The maximum absolute atomic E-state index is 13.9. The van der Waals surface area contributed by atoms with Crippen molar-refractivity contribution in [2.24, 2.45) is 0 Å². The second-order valence-electron chi connectivity index (χ2n) is 4.40. The number of benzene rings is 1. The number of carboxylic acid groups (broad SMARTS) is 1. The van der Waals surface area contributed by atoms with E-state index < -0.39 is 24.2 Å². The molecule has 6 heteroatoms. The zero-order chi connectivity index (χ0) is 15.3. The molecule has 0 bridgehead atoms. The number of methoxy groups -OCH3 is 1. The number of halogens is 1. The van der Waals surface area contributed by atoms with E-state index in [2.05, 4.69) is 0 Å². The Morgan fingerprint density at radius 1 is 1.45 bits per heavy atom. The van der Waals surface area contributed by atoms with E-state index in [1.54, 1.807) is 6.92 Å². The lowest BCUT2D eigenvalue weighted by Crippen LogP contribution is -2.42. The average molecular weight is 283 g/mol. The fourth-order valence-corrected chi connectivity index (χ4v) is 1.82. The molecule has 0 aliphatic carbocycles. The first-order valence-corrected chi connectivity index (χ1v) is 6.27. The summed E-state index contributed by atoms with van der Waals surface area (Å²) < 4.78 is 18.9. The Bertz CT molecular complexity index is 504. The molecule has 1 unspecified atom stereocenters. The summed E-state index contributed by atoms with van der Waals surface area (Å²) in [4.78, 5) is 24.4. The molecule has 0 saturated carbocycles. The molecule has 0 saturated heterocycles. The lowest BCUT2D eigenvalue weighted by Gasteiger charge is -2.27. The van der Waals surface area contributed by atoms with Gasteiger partial charge in [0.25, 0.3) is 5.91 Å². The van der Waals surface area contributed by atoms with Crippen LogP contribution in [0.15, 0.2) is 18.2 Å². The highest BCUT2D eigenvalue weighted by atomic mass is 19.1. The summed E-state index contributed by atoms with van der Waals surface area (Å²) in [6, 6.07) is 3.72. The standard InChI is InChI=1S/C14H18FNO4/c1-4-9(2)16(8-12(17)18)14(19)13-10(15)6-5-7-11(13)20-3/h5-7,9H,4,8H2,1-3H3,(H,17,18). The molecule has 5 nitrogen and oxygen atoms in total. The molecule has 1 N–H and O–H groups in total. The molecule has 0 aliphatic rings. The highest BCUT2D eigenvalue weighted by Crippen LogP contribution is 2.24. The van der Waals surface area contributed by atoms with Gasteiger partial charge in [-0.2, -0.15) is 0 Å². The van der Waals surface area contributed by atoms with Crippen LogP contribution in [0, 0.1) is 5.82 Å². The summed E-state index contributed by atoms with van der Waals surface area (Å²) in [5, 5.41) is 8.90. The predicted octanol–water partition coefficient (Wildman–Crippen LogP) is 2.16.